The Bertz CT molecular complexity index is 831. The van der Waals surface area contributed by atoms with Gasteiger partial charge in [-0.1, -0.05) is 25.1 Å². The van der Waals surface area contributed by atoms with Crippen LogP contribution in [0.15, 0.2) is 42.5 Å². The standard InChI is InChI=1S/C25H34N2O2/c1-17-7-6-14-27(16-17)23-11-9-22(10-12-23)20(4)26-25(28)21(5)29-24-13-8-18(2)19(3)15-24/h8-13,15,17,20-21H,6-7,14,16H2,1-5H3,(H,26,28)/t17-,20+,21-/m1/s1. The summed E-state index contributed by atoms with van der Waals surface area (Å²) >= 11 is 0. The highest BCUT2D eigenvalue weighted by Gasteiger charge is 2.19. The first-order valence-electron chi connectivity index (χ1n) is 10.7. The number of aryl methyl sites for hydroxylation is 2. The molecule has 1 aliphatic heterocycles. The van der Waals surface area contributed by atoms with Gasteiger partial charge in [-0.05, 0) is 87.4 Å². The number of carbonyl (C=O) groups is 1. The van der Waals surface area contributed by atoms with Crippen molar-refractivity contribution in [2.24, 2.45) is 5.92 Å². The van der Waals surface area contributed by atoms with Gasteiger partial charge in [0.1, 0.15) is 5.75 Å². The number of rotatable bonds is 6. The van der Waals surface area contributed by atoms with E-state index in [1.165, 1.54) is 24.1 Å². The largest absolute Gasteiger partial charge is 0.481 e. The lowest BCUT2D eigenvalue weighted by atomic mass is 9.99. The molecule has 2 aromatic rings. The summed E-state index contributed by atoms with van der Waals surface area (Å²) in [6, 6.07) is 14.4. The number of nitrogens with zero attached hydrogens (tertiary/aromatic N) is 1. The third-order valence-corrected chi connectivity index (χ3v) is 5.93. The van der Waals surface area contributed by atoms with Crippen molar-refractivity contribution in [1.82, 2.24) is 5.32 Å². The summed E-state index contributed by atoms with van der Waals surface area (Å²) in [4.78, 5) is 15.0. The van der Waals surface area contributed by atoms with Crippen LogP contribution in [0.3, 0.4) is 0 Å². The molecule has 1 N–H and O–H groups in total. The highest BCUT2D eigenvalue weighted by atomic mass is 16.5. The van der Waals surface area contributed by atoms with E-state index in [4.69, 9.17) is 4.74 Å². The average Bonchev–Trinajstić information content (AvgIpc) is 2.70. The second-order valence-corrected chi connectivity index (χ2v) is 8.52. The molecule has 3 rings (SSSR count). The van der Waals surface area contributed by atoms with Crippen molar-refractivity contribution in [2.45, 2.75) is 59.6 Å². The fourth-order valence-corrected chi connectivity index (χ4v) is 3.86. The number of benzene rings is 2. The molecule has 0 unspecified atom stereocenters. The van der Waals surface area contributed by atoms with Gasteiger partial charge in [0.05, 0.1) is 6.04 Å². The average molecular weight is 395 g/mol. The van der Waals surface area contributed by atoms with E-state index in [2.05, 4.69) is 48.3 Å². The third-order valence-electron chi connectivity index (χ3n) is 5.93. The third kappa shape index (κ3) is 5.53. The Labute approximate surface area is 175 Å². The van der Waals surface area contributed by atoms with E-state index in [0.29, 0.717) is 0 Å². The molecule has 1 amide bonds. The molecule has 1 fully saturated rings. The van der Waals surface area contributed by atoms with Crippen LogP contribution < -0.4 is 15.0 Å². The number of hydrogen-bond acceptors (Lipinski definition) is 3. The Morgan fingerprint density at radius 2 is 1.83 bits per heavy atom. The first-order chi connectivity index (χ1) is 13.8. The summed E-state index contributed by atoms with van der Waals surface area (Å²) in [6.45, 7) is 12.5. The highest BCUT2D eigenvalue weighted by Crippen LogP contribution is 2.25. The second-order valence-electron chi connectivity index (χ2n) is 8.52. The van der Waals surface area contributed by atoms with Gasteiger partial charge in [-0.3, -0.25) is 4.79 Å². The molecule has 0 saturated carbocycles. The number of nitrogens with one attached hydrogen (secondary N) is 1. The van der Waals surface area contributed by atoms with E-state index < -0.39 is 6.10 Å². The lowest BCUT2D eigenvalue weighted by Crippen LogP contribution is -2.37. The molecule has 1 aliphatic rings. The van der Waals surface area contributed by atoms with Gasteiger partial charge >= 0.3 is 0 Å². The zero-order valence-corrected chi connectivity index (χ0v) is 18.4. The van der Waals surface area contributed by atoms with Crippen molar-refractivity contribution in [2.75, 3.05) is 18.0 Å². The summed E-state index contributed by atoms with van der Waals surface area (Å²) in [6.07, 6.45) is 2.03. The van der Waals surface area contributed by atoms with E-state index in [1.807, 2.05) is 32.0 Å². The maximum absolute atomic E-state index is 12.6. The number of carbonyl (C=O) groups excluding carboxylic acids is 1. The molecule has 2 aromatic carbocycles. The van der Waals surface area contributed by atoms with E-state index in [0.717, 1.165) is 35.9 Å². The number of piperidine rings is 1. The zero-order chi connectivity index (χ0) is 21.0. The molecule has 1 heterocycles. The van der Waals surface area contributed by atoms with Gasteiger partial charge in [0, 0.05) is 18.8 Å². The summed E-state index contributed by atoms with van der Waals surface area (Å²) in [5.41, 5.74) is 4.74. The second kappa shape index (κ2) is 9.34. The Morgan fingerprint density at radius 1 is 1.10 bits per heavy atom. The molecule has 0 aromatic heterocycles. The van der Waals surface area contributed by atoms with Crippen molar-refractivity contribution < 1.29 is 9.53 Å². The molecule has 29 heavy (non-hydrogen) atoms. The Kier molecular flexibility index (Phi) is 6.83. The van der Waals surface area contributed by atoms with Crippen LogP contribution in [-0.2, 0) is 4.79 Å². The first-order valence-corrected chi connectivity index (χ1v) is 10.7. The van der Waals surface area contributed by atoms with E-state index >= 15 is 0 Å². The Morgan fingerprint density at radius 3 is 2.48 bits per heavy atom. The van der Waals surface area contributed by atoms with Crippen molar-refractivity contribution in [3.8, 4) is 5.75 Å². The summed E-state index contributed by atoms with van der Waals surface area (Å²) in [7, 11) is 0. The molecular formula is C25H34N2O2. The van der Waals surface area contributed by atoms with Crippen LogP contribution in [0.5, 0.6) is 5.75 Å². The molecule has 0 bridgehead atoms. The van der Waals surface area contributed by atoms with Crippen LogP contribution in [0.1, 0.15) is 56.3 Å². The minimum atomic E-state index is -0.548. The molecule has 4 heteroatoms. The van der Waals surface area contributed by atoms with Crippen LogP contribution >= 0.6 is 0 Å². The predicted molar refractivity (Wildman–Crippen MR) is 120 cm³/mol. The molecule has 0 spiro atoms. The van der Waals surface area contributed by atoms with Gasteiger partial charge in [-0.25, -0.2) is 0 Å². The van der Waals surface area contributed by atoms with Gasteiger partial charge < -0.3 is 15.0 Å². The van der Waals surface area contributed by atoms with E-state index in [9.17, 15) is 4.79 Å². The lowest BCUT2D eigenvalue weighted by Gasteiger charge is -2.33. The minimum Gasteiger partial charge on any atom is -0.481 e. The monoisotopic (exact) mass is 394 g/mol. The predicted octanol–water partition coefficient (Wildman–Crippen LogP) is 5.18. The number of ether oxygens (including phenoxy) is 1. The van der Waals surface area contributed by atoms with Crippen LogP contribution in [0.25, 0.3) is 0 Å². The van der Waals surface area contributed by atoms with E-state index in [-0.39, 0.29) is 11.9 Å². The van der Waals surface area contributed by atoms with Gasteiger partial charge in [0.2, 0.25) is 0 Å². The Balaban J connectivity index is 1.56. The fourth-order valence-electron chi connectivity index (χ4n) is 3.86. The van der Waals surface area contributed by atoms with Crippen LogP contribution in [-0.4, -0.2) is 25.1 Å². The molecule has 0 radical (unpaired) electrons. The number of amides is 1. The minimum absolute atomic E-state index is 0.0670. The molecular weight excluding hydrogens is 360 g/mol. The maximum Gasteiger partial charge on any atom is 0.261 e. The van der Waals surface area contributed by atoms with Crippen molar-refractivity contribution in [3.05, 3.63) is 59.2 Å². The molecule has 4 nitrogen and oxygen atoms in total. The summed E-state index contributed by atoms with van der Waals surface area (Å²) in [5.74, 6) is 1.37. The van der Waals surface area contributed by atoms with Gasteiger partial charge in [-0.15, -0.1) is 0 Å². The van der Waals surface area contributed by atoms with Gasteiger partial charge in [-0.2, -0.15) is 0 Å². The Hall–Kier alpha value is -2.49. The molecule has 1 saturated heterocycles. The number of hydrogen-bond donors (Lipinski definition) is 1. The SMILES string of the molecule is Cc1ccc(O[C@H](C)C(=O)N[C@@H](C)c2ccc(N3CCC[C@@H](C)C3)cc2)cc1C. The zero-order valence-electron chi connectivity index (χ0n) is 18.4. The summed E-state index contributed by atoms with van der Waals surface area (Å²) in [5, 5.41) is 3.07. The first kappa shape index (κ1) is 21.2. The van der Waals surface area contributed by atoms with Crippen LogP contribution in [0, 0.1) is 19.8 Å². The quantitative estimate of drug-likeness (QED) is 0.733. The molecule has 0 aliphatic carbocycles. The van der Waals surface area contributed by atoms with Crippen molar-refractivity contribution in [1.29, 1.82) is 0 Å². The van der Waals surface area contributed by atoms with Gasteiger partial charge in [0.25, 0.3) is 5.91 Å². The van der Waals surface area contributed by atoms with Crippen molar-refractivity contribution in [3.63, 3.8) is 0 Å². The normalized spacial score (nSPS) is 18.8. The fraction of sp³-hybridized carbons (Fsp3) is 0.480. The van der Waals surface area contributed by atoms with Crippen LogP contribution in [0.4, 0.5) is 5.69 Å². The van der Waals surface area contributed by atoms with Gasteiger partial charge in [0.15, 0.2) is 6.10 Å². The van der Waals surface area contributed by atoms with Crippen LogP contribution in [0.2, 0.25) is 0 Å². The maximum atomic E-state index is 12.6. The van der Waals surface area contributed by atoms with E-state index in [1.54, 1.807) is 6.92 Å². The summed E-state index contributed by atoms with van der Waals surface area (Å²) < 4.78 is 5.84. The smallest absolute Gasteiger partial charge is 0.261 e. The topological polar surface area (TPSA) is 41.6 Å². The molecule has 3 atom stereocenters. The lowest BCUT2D eigenvalue weighted by molar-refractivity contribution is -0.127. The molecule has 156 valence electrons. The van der Waals surface area contributed by atoms with Crippen molar-refractivity contribution >= 4 is 11.6 Å². The highest BCUT2D eigenvalue weighted by molar-refractivity contribution is 5.81. The number of anilines is 1.